The van der Waals surface area contributed by atoms with Gasteiger partial charge in [-0.05, 0) is 18.6 Å². The van der Waals surface area contributed by atoms with Gasteiger partial charge in [-0.3, -0.25) is 0 Å². The molecule has 0 spiro atoms. The Morgan fingerprint density at radius 3 is 3.06 bits per heavy atom. The Morgan fingerprint density at radius 1 is 1.38 bits per heavy atom. The maximum Gasteiger partial charge on any atom is 0.196 e. The van der Waals surface area contributed by atoms with Crippen molar-refractivity contribution in [3.8, 4) is 11.6 Å². The molecule has 1 N–H and O–H groups in total. The van der Waals surface area contributed by atoms with Crippen LogP contribution in [0.3, 0.4) is 0 Å². The average Bonchev–Trinajstić information content (AvgIpc) is 2.97. The molecule has 2 aromatic rings. The smallest absolute Gasteiger partial charge is 0.196 e. The van der Waals surface area contributed by atoms with Gasteiger partial charge in [0.15, 0.2) is 11.6 Å². The number of aryl methyl sites for hydroxylation is 1. The summed E-state index contributed by atoms with van der Waals surface area (Å²) in [5.74, 6) is 1.44. The molecule has 0 aliphatic carbocycles. The van der Waals surface area contributed by atoms with Gasteiger partial charge >= 0.3 is 0 Å². The van der Waals surface area contributed by atoms with E-state index in [1.165, 1.54) is 5.56 Å². The molecule has 4 heteroatoms. The first-order valence-corrected chi connectivity index (χ1v) is 5.51. The Kier molecular flexibility index (Phi) is 2.22. The number of nitrogens with zero attached hydrogens (tertiary/aromatic N) is 2. The van der Waals surface area contributed by atoms with Gasteiger partial charge in [-0.1, -0.05) is 6.92 Å². The molecule has 1 aliphatic heterocycles. The maximum atomic E-state index is 5.33. The summed E-state index contributed by atoms with van der Waals surface area (Å²) < 4.78 is 5.33. The summed E-state index contributed by atoms with van der Waals surface area (Å²) in [5, 5.41) is 3.30. The van der Waals surface area contributed by atoms with Gasteiger partial charge < -0.3 is 9.73 Å². The van der Waals surface area contributed by atoms with E-state index < -0.39 is 0 Å². The van der Waals surface area contributed by atoms with Crippen LogP contribution in [0.25, 0.3) is 11.6 Å². The molecule has 4 nitrogen and oxygen atoms in total. The van der Waals surface area contributed by atoms with Crippen molar-refractivity contribution in [1.29, 1.82) is 0 Å². The Bertz CT molecular complexity index is 505. The molecule has 0 atom stereocenters. The molecule has 0 amide bonds. The quantitative estimate of drug-likeness (QED) is 0.831. The van der Waals surface area contributed by atoms with E-state index in [1.807, 2.05) is 12.1 Å². The molecule has 0 unspecified atom stereocenters. The van der Waals surface area contributed by atoms with Crippen molar-refractivity contribution in [2.45, 2.75) is 26.4 Å². The minimum Gasteiger partial charge on any atom is -0.461 e. The third-order valence-corrected chi connectivity index (χ3v) is 2.85. The molecule has 0 radical (unpaired) electrons. The molecule has 2 aromatic heterocycles. The van der Waals surface area contributed by atoms with Gasteiger partial charge in [0.25, 0.3) is 0 Å². The lowest BCUT2D eigenvalue weighted by Crippen LogP contribution is -2.02. The van der Waals surface area contributed by atoms with Crippen LogP contribution in [-0.4, -0.2) is 9.97 Å². The monoisotopic (exact) mass is 215 g/mol. The van der Waals surface area contributed by atoms with Crippen LogP contribution in [0.5, 0.6) is 0 Å². The highest BCUT2D eigenvalue weighted by Crippen LogP contribution is 2.22. The van der Waals surface area contributed by atoms with Crippen molar-refractivity contribution in [1.82, 2.24) is 15.3 Å². The van der Waals surface area contributed by atoms with Crippen LogP contribution in [0.15, 0.2) is 22.8 Å². The number of hydrogen-bond donors (Lipinski definition) is 1. The summed E-state index contributed by atoms with van der Waals surface area (Å²) in [4.78, 5) is 9.10. The summed E-state index contributed by atoms with van der Waals surface area (Å²) in [6.45, 7) is 3.84. The fourth-order valence-electron chi connectivity index (χ4n) is 2.05. The number of fused-ring (bicyclic) bond motifs is 1. The number of aromatic nitrogens is 2. The molecule has 3 heterocycles. The van der Waals surface area contributed by atoms with Gasteiger partial charge in [-0.15, -0.1) is 0 Å². The Hall–Kier alpha value is -1.68. The van der Waals surface area contributed by atoms with Crippen LogP contribution in [0, 0.1) is 0 Å². The molecular weight excluding hydrogens is 202 g/mol. The normalized spacial score (nSPS) is 14.1. The van der Waals surface area contributed by atoms with Crippen LogP contribution < -0.4 is 5.32 Å². The van der Waals surface area contributed by atoms with Crippen molar-refractivity contribution in [3.05, 3.63) is 35.3 Å². The van der Waals surface area contributed by atoms with Crippen LogP contribution in [0.1, 0.15) is 23.9 Å². The zero-order valence-electron chi connectivity index (χ0n) is 9.16. The lowest BCUT2D eigenvalue weighted by Gasteiger charge is -2.06. The molecule has 0 aromatic carbocycles. The predicted octanol–water partition coefficient (Wildman–Crippen LogP) is 1.90. The molecule has 16 heavy (non-hydrogen) atoms. The van der Waals surface area contributed by atoms with E-state index in [0.717, 1.165) is 36.7 Å². The molecule has 0 saturated heterocycles. The van der Waals surface area contributed by atoms with Gasteiger partial charge in [-0.25, -0.2) is 9.97 Å². The molecule has 3 rings (SSSR count). The van der Waals surface area contributed by atoms with Gasteiger partial charge in [0.05, 0.1) is 12.0 Å². The molecule has 1 aliphatic rings. The fourth-order valence-corrected chi connectivity index (χ4v) is 2.05. The highest BCUT2D eigenvalue weighted by molar-refractivity contribution is 5.48. The molecular formula is C12H13N3O. The first-order chi connectivity index (χ1) is 7.88. The van der Waals surface area contributed by atoms with Gasteiger partial charge in [-0.2, -0.15) is 0 Å². The van der Waals surface area contributed by atoms with E-state index in [-0.39, 0.29) is 0 Å². The van der Waals surface area contributed by atoms with Crippen molar-refractivity contribution >= 4 is 0 Å². The van der Waals surface area contributed by atoms with Gasteiger partial charge in [0.1, 0.15) is 0 Å². The van der Waals surface area contributed by atoms with Crippen molar-refractivity contribution in [2.75, 3.05) is 0 Å². The van der Waals surface area contributed by atoms with E-state index in [9.17, 15) is 0 Å². The second kappa shape index (κ2) is 3.72. The summed E-state index contributed by atoms with van der Waals surface area (Å²) >= 11 is 0. The Labute approximate surface area is 93.7 Å². The van der Waals surface area contributed by atoms with Crippen LogP contribution in [0.4, 0.5) is 0 Å². The minimum absolute atomic E-state index is 0.698. The first-order valence-electron chi connectivity index (χ1n) is 5.51. The highest BCUT2D eigenvalue weighted by atomic mass is 16.3. The van der Waals surface area contributed by atoms with E-state index in [1.54, 1.807) is 6.26 Å². The Balaban J connectivity index is 2.15. The molecule has 0 fully saturated rings. The number of furan rings is 1. The average molecular weight is 215 g/mol. The number of rotatable bonds is 2. The predicted molar refractivity (Wildman–Crippen MR) is 59.7 cm³/mol. The number of nitrogens with one attached hydrogen (secondary N) is 1. The maximum absolute atomic E-state index is 5.33. The van der Waals surface area contributed by atoms with E-state index >= 15 is 0 Å². The molecule has 82 valence electrons. The van der Waals surface area contributed by atoms with Gasteiger partial charge in [0.2, 0.25) is 0 Å². The second-order valence-electron chi connectivity index (χ2n) is 3.85. The van der Waals surface area contributed by atoms with Crippen LogP contribution in [0.2, 0.25) is 0 Å². The Morgan fingerprint density at radius 2 is 2.31 bits per heavy atom. The third-order valence-electron chi connectivity index (χ3n) is 2.85. The molecule has 0 bridgehead atoms. The largest absolute Gasteiger partial charge is 0.461 e. The lowest BCUT2D eigenvalue weighted by molar-refractivity contribution is 0.576. The lowest BCUT2D eigenvalue weighted by atomic mass is 10.1. The SMILES string of the molecule is CCc1nc(-c2ccco2)nc2c1CNC2. The first kappa shape index (κ1) is 9.54. The highest BCUT2D eigenvalue weighted by Gasteiger charge is 2.19. The van der Waals surface area contributed by atoms with Crippen molar-refractivity contribution in [2.24, 2.45) is 0 Å². The zero-order valence-corrected chi connectivity index (χ0v) is 9.16. The fraction of sp³-hybridized carbons (Fsp3) is 0.333. The van der Waals surface area contributed by atoms with Crippen LogP contribution in [-0.2, 0) is 19.5 Å². The van der Waals surface area contributed by atoms with E-state index in [4.69, 9.17) is 4.42 Å². The summed E-state index contributed by atoms with van der Waals surface area (Å²) in [7, 11) is 0. The van der Waals surface area contributed by atoms with E-state index in [2.05, 4.69) is 22.2 Å². The van der Waals surface area contributed by atoms with Crippen molar-refractivity contribution in [3.63, 3.8) is 0 Å². The topological polar surface area (TPSA) is 51.0 Å². The van der Waals surface area contributed by atoms with Crippen LogP contribution >= 0.6 is 0 Å². The molecule has 0 saturated carbocycles. The number of hydrogen-bond acceptors (Lipinski definition) is 4. The summed E-state index contributed by atoms with van der Waals surface area (Å²) in [6.07, 6.45) is 2.58. The van der Waals surface area contributed by atoms with Gasteiger partial charge in [0, 0.05) is 24.3 Å². The second-order valence-corrected chi connectivity index (χ2v) is 3.85. The zero-order chi connectivity index (χ0) is 11.0. The van der Waals surface area contributed by atoms with E-state index in [0.29, 0.717) is 5.82 Å². The minimum atomic E-state index is 0.698. The summed E-state index contributed by atoms with van der Waals surface area (Å²) in [5.41, 5.74) is 3.50. The summed E-state index contributed by atoms with van der Waals surface area (Å²) in [6, 6.07) is 3.75. The third kappa shape index (κ3) is 1.42. The standard InChI is InChI=1S/C12H13N3O/c1-2-9-8-6-13-7-10(8)15-12(14-9)11-4-3-5-16-11/h3-5,13H,2,6-7H2,1H3. The van der Waals surface area contributed by atoms with Crippen molar-refractivity contribution < 1.29 is 4.42 Å².